The standard InChI is InChI=1S/C23H21NO6/c1-2-28-21(26)15-24(18-11-7-4-8-12-18)20(25)16-30-23(27)22-19(13-14-29-22)17-9-5-3-6-10-17/h3-14H,2,15-16H2,1H3. The van der Waals surface area contributed by atoms with E-state index < -0.39 is 24.5 Å². The lowest BCUT2D eigenvalue weighted by Gasteiger charge is -2.21. The molecule has 0 fully saturated rings. The van der Waals surface area contributed by atoms with Crippen LogP contribution in [0.3, 0.4) is 0 Å². The van der Waals surface area contributed by atoms with E-state index in [9.17, 15) is 14.4 Å². The smallest absolute Gasteiger partial charge is 0.375 e. The van der Waals surface area contributed by atoms with Gasteiger partial charge >= 0.3 is 11.9 Å². The number of anilines is 1. The number of amides is 1. The summed E-state index contributed by atoms with van der Waals surface area (Å²) in [4.78, 5) is 38.4. The quantitative estimate of drug-likeness (QED) is 0.529. The number of carbonyl (C=O) groups excluding carboxylic acids is 3. The zero-order valence-electron chi connectivity index (χ0n) is 16.4. The molecule has 0 saturated heterocycles. The zero-order valence-corrected chi connectivity index (χ0v) is 16.4. The van der Waals surface area contributed by atoms with Crippen LogP contribution in [-0.4, -0.2) is 37.6 Å². The first-order valence-electron chi connectivity index (χ1n) is 9.41. The molecule has 1 aromatic heterocycles. The maximum atomic E-state index is 12.7. The maximum absolute atomic E-state index is 12.7. The van der Waals surface area contributed by atoms with Crippen LogP contribution in [0.2, 0.25) is 0 Å². The number of rotatable bonds is 8. The Balaban J connectivity index is 1.70. The first-order chi connectivity index (χ1) is 14.6. The molecule has 1 heterocycles. The molecular weight excluding hydrogens is 386 g/mol. The fourth-order valence-electron chi connectivity index (χ4n) is 2.85. The van der Waals surface area contributed by atoms with Crippen molar-refractivity contribution in [3.05, 3.63) is 78.8 Å². The average molecular weight is 407 g/mol. The Kier molecular flexibility index (Phi) is 7.00. The Hall–Kier alpha value is -3.87. The minimum absolute atomic E-state index is 0.00524. The molecule has 1 amide bonds. The van der Waals surface area contributed by atoms with Crippen molar-refractivity contribution >= 4 is 23.5 Å². The molecule has 0 aliphatic rings. The molecule has 0 N–H and O–H groups in total. The van der Waals surface area contributed by atoms with Crippen LogP contribution in [0.25, 0.3) is 11.1 Å². The third kappa shape index (κ3) is 5.14. The zero-order chi connectivity index (χ0) is 21.3. The highest BCUT2D eigenvalue weighted by molar-refractivity contribution is 6.00. The van der Waals surface area contributed by atoms with E-state index in [1.54, 1.807) is 43.3 Å². The Morgan fingerprint density at radius 2 is 1.57 bits per heavy atom. The first-order valence-corrected chi connectivity index (χ1v) is 9.41. The molecule has 2 aromatic carbocycles. The van der Waals surface area contributed by atoms with Gasteiger partial charge in [-0.25, -0.2) is 4.79 Å². The summed E-state index contributed by atoms with van der Waals surface area (Å²) in [5.41, 5.74) is 1.85. The van der Waals surface area contributed by atoms with Crippen LogP contribution in [0, 0.1) is 0 Å². The van der Waals surface area contributed by atoms with Crippen LogP contribution in [0.1, 0.15) is 17.5 Å². The van der Waals surface area contributed by atoms with E-state index in [1.165, 1.54) is 11.2 Å². The number of nitrogens with zero attached hydrogens (tertiary/aromatic N) is 1. The van der Waals surface area contributed by atoms with Gasteiger partial charge in [0, 0.05) is 11.3 Å². The van der Waals surface area contributed by atoms with Gasteiger partial charge in [0.25, 0.3) is 5.91 Å². The SMILES string of the molecule is CCOC(=O)CN(C(=O)COC(=O)c1occc1-c1ccccc1)c1ccccc1. The van der Waals surface area contributed by atoms with Crippen LogP contribution >= 0.6 is 0 Å². The Morgan fingerprint density at radius 1 is 0.900 bits per heavy atom. The van der Waals surface area contributed by atoms with E-state index in [1.807, 2.05) is 30.3 Å². The average Bonchev–Trinajstić information content (AvgIpc) is 3.27. The number of ether oxygens (including phenoxy) is 2. The predicted octanol–water partition coefficient (Wildman–Crippen LogP) is 3.70. The van der Waals surface area contributed by atoms with E-state index >= 15 is 0 Å². The second-order valence-corrected chi connectivity index (χ2v) is 6.23. The molecule has 0 saturated carbocycles. The summed E-state index contributed by atoms with van der Waals surface area (Å²) in [5, 5.41) is 0. The largest absolute Gasteiger partial charge is 0.465 e. The van der Waals surface area contributed by atoms with Gasteiger partial charge in [0.2, 0.25) is 5.76 Å². The van der Waals surface area contributed by atoms with E-state index in [4.69, 9.17) is 13.9 Å². The van der Waals surface area contributed by atoms with Gasteiger partial charge in [-0.1, -0.05) is 48.5 Å². The molecule has 0 aliphatic heterocycles. The summed E-state index contributed by atoms with van der Waals surface area (Å²) in [6.07, 6.45) is 1.39. The van der Waals surface area contributed by atoms with Crippen molar-refractivity contribution in [3.8, 4) is 11.1 Å². The Labute approximate surface area is 173 Å². The van der Waals surface area contributed by atoms with Crippen molar-refractivity contribution in [2.45, 2.75) is 6.92 Å². The van der Waals surface area contributed by atoms with E-state index in [2.05, 4.69) is 0 Å². The number of furan rings is 1. The summed E-state index contributed by atoms with van der Waals surface area (Å²) in [6, 6.07) is 19.5. The molecule has 3 aromatic rings. The van der Waals surface area contributed by atoms with Crippen LogP contribution in [-0.2, 0) is 19.1 Å². The van der Waals surface area contributed by atoms with E-state index in [0.717, 1.165) is 5.56 Å². The number of carbonyl (C=O) groups is 3. The van der Waals surface area contributed by atoms with Crippen molar-refractivity contribution in [1.82, 2.24) is 0 Å². The summed E-state index contributed by atoms with van der Waals surface area (Å²) < 4.78 is 15.4. The molecule has 0 spiro atoms. The van der Waals surface area contributed by atoms with Crippen LogP contribution in [0.5, 0.6) is 0 Å². The van der Waals surface area contributed by atoms with Gasteiger partial charge in [0.05, 0.1) is 12.9 Å². The first kappa shape index (κ1) is 20.9. The maximum Gasteiger partial charge on any atom is 0.375 e. The van der Waals surface area contributed by atoms with Gasteiger partial charge in [0.15, 0.2) is 6.61 Å². The number of hydrogen-bond donors (Lipinski definition) is 0. The second kappa shape index (κ2) is 10.1. The summed E-state index contributed by atoms with van der Waals surface area (Å²) in [6.45, 7) is 1.04. The molecule has 0 unspecified atom stereocenters. The lowest BCUT2D eigenvalue weighted by molar-refractivity contribution is -0.142. The minimum Gasteiger partial charge on any atom is -0.465 e. The number of esters is 2. The van der Waals surface area contributed by atoms with Gasteiger partial charge in [-0.15, -0.1) is 0 Å². The van der Waals surface area contributed by atoms with Gasteiger partial charge in [0.1, 0.15) is 6.54 Å². The predicted molar refractivity (Wildman–Crippen MR) is 110 cm³/mol. The Bertz CT molecular complexity index is 997. The number of hydrogen-bond acceptors (Lipinski definition) is 6. The minimum atomic E-state index is -0.767. The lowest BCUT2D eigenvalue weighted by Crippen LogP contribution is -2.39. The molecule has 0 atom stereocenters. The van der Waals surface area contributed by atoms with Gasteiger partial charge in [-0.2, -0.15) is 0 Å². The van der Waals surface area contributed by atoms with E-state index in [-0.39, 0.29) is 18.9 Å². The second-order valence-electron chi connectivity index (χ2n) is 6.23. The topological polar surface area (TPSA) is 86.0 Å². The molecule has 154 valence electrons. The Morgan fingerprint density at radius 3 is 2.23 bits per heavy atom. The van der Waals surface area contributed by atoms with Crippen LogP contribution in [0.15, 0.2) is 77.4 Å². The molecule has 30 heavy (non-hydrogen) atoms. The normalized spacial score (nSPS) is 10.3. The van der Waals surface area contributed by atoms with Gasteiger partial charge < -0.3 is 13.9 Å². The molecule has 0 radical (unpaired) electrons. The molecular formula is C23H21NO6. The highest BCUT2D eigenvalue weighted by atomic mass is 16.5. The van der Waals surface area contributed by atoms with Gasteiger partial charge in [-0.05, 0) is 30.7 Å². The number of para-hydroxylation sites is 1. The summed E-state index contributed by atoms with van der Waals surface area (Å²) in [7, 11) is 0. The number of benzene rings is 2. The highest BCUT2D eigenvalue weighted by Gasteiger charge is 2.24. The van der Waals surface area contributed by atoms with Crippen molar-refractivity contribution in [2.75, 3.05) is 24.7 Å². The van der Waals surface area contributed by atoms with Crippen molar-refractivity contribution in [2.24, 2.45) is 0 Å². The van der Waals surface area contributed by atoms with Gasteiger partial charge in [-0.3, -0.25) is 14.5 Å². The highest BCUT2D eigenvalue weighted by Crippen LogP contribution is 2.25. The molecule has 0 aliphatic carbocycles. The molecule has 7 heteroatoms. The fourth-order valence-corrected chi connectivity index (χ4v) is 2.85. The summed E-state index contributed by atoms with van der Waals surface area (Å²) >= 11 is 0. The van der Waals surface area contributed by atoms with E-state index in [0.29, 0.717) is 11.3 Å². The third-order valence-corrected chi connectivity index (χ3v) is 4.22. The lowest BCUT2D eigenvalue weighted by atomic mass is 10.1. The van der Waals surface area contributed by atoms with Crippen LogP contribution in [0.4, 0.5) is 5.69 Å². The van der Waals surface area contributed by atoms with Crippen molar-refractivity contribution < 1.29 is 28.3 Å². The van der Waals surface area contributed by atoms with Crippen molar-refractivity contribution in [1.29, 1.82) is 0 Å². The molecule has 0 bridgehead atoms. The molecule has 7 nitrogen and oxygen atoms in total. The third-order valence-electron chi connectivity index (χ3n) is 4.22. The summed E-state index contributed by atoms with van der Waals surface area (Å²) in [5.74, 6) is -1.88. The fraction of sp³-hybridized carbons (Fsp3) is 0.174. The monoisotopic (exact) mass is 407 g/mol. The van der Waals surface area contributed by atoms with Crippen molar-refractivity contribution in [3.63, 3.8) is 0 Å². The molecule has 3 rings (SSSR count). The van der Waals surface area contributed by atoms with Crippen LogP contribution < -0.4 is 4.90 Å².